The van der Waals surface area contributed by atoms with E-state index in [9.17, 15) is 50.7 Å². The van der Waals surface area contributed by atoms with Gasteiger partial charge in [0.1, 0.15) is 17.7 Å². The van der Waals surface area contributed by atoms with Crippen molar-refractivity contribution in [2.75, 3.05) is 29.9 Å². The molecule has 3 aromatic rings. The lowest BCUT2D eigenvalue weighted by molar-refractivity contribution is -0.143. The number of carbonyl (C=O) groups excluding carboxylic acids is 1. The summed E-state index contributed by atoms with van der Waals surface area (Å²) >= 11 is 0. The van der Waals surface area contributed by atoms with Gasteiger partial charge in [0.2, 0.25) is 5.91 Å². The number of aliphatic carboxylic acids is 1. The number of rotatable bonds is 7. The van der Waals surface area contributed by atoms with E-state index >= 15 is 0 Å². The number of carbonyl (C=O) groups is 2. The number of alkyl halides is 6. The highest BCUT2D eigenvalue weighted by atomic mass is 19.4. The molecule has 0 aliphatic carbocycles. The van der Waals surface area contributed by atoms with Gasteiger partial charge in [-0.05, 0) is 92.1 Å². The van der Waals surface area contributed by atoms with Crippen molar-refractivity contribution in [3.8, 4) is 17.2 Å². The van der Waals surface area contributed by atoms with Crippen molar-refractivity contribution in [1.82, 2.24) is 4.98 Å². The molecule has 4 rings (SSSR count). The summed E-state index contributed by atoms with van der Waals surface area (Å²) in [6.45, 7) is 6.61. The third-order valence-electron chi connectivity index (χ3n) is 8.92. The van der Waals surface area contributed by atoms with Crippen LogP contribution in [0.25, 0.3) is 11.1 Å². The van der Waals surface area contributed by atoms with E-state index in [-0.39, 0.29) is 29.4 Å². The third kappa shape index (κ3) is 7.40. The zero-order valence-corrected chi connectivity index (χ0v) is 26.8. The highest BCUT2D eigenvalue weighted by Gasteiger charge is 2.42. The molecule has 256 valence electrons. The van der Waals surface area contributed by atoms with Gasteiger partial charge < -0.3 is 14.9 Å². The Morgan fingerprint density at radius 1 is 0.958 bits per heavy atom. The largest absolute Gasteiger partial charge is 0.481 e. The molecule has 0 bridgehead atoms. The lowest BCUT2D eigenvalue weighted by Crippen LogP contribution is -2.43. The summed E-state index contributed by atoms with van der Waals surface area (Å²) in [5.41, 5.74) is -5.44. The van der Waals surface area contributed by atoms with Crippen molar-refractivity contribution < 1.29 is 45.4 Å². The zero-order chi connectivity index (χ0) is 36.0. The molecule has 1 N–H and O–H groups in total. The van der Waals surface area contributed by atoms with E-state index in [2.05, 4.69) is 4.98 Å². The van der Waals surface area contributed by atoms with E-state index in [1.807, 2.05) is 17.9 Å². The Morgan fingerprint density at radius 3 is 1.98 bits per heavy atom. The molecular formula is C34H33F7N4O3. The molecule has 0 unspecified atom stereocenters. The molecule has 2 heterocycles. The number of carboxylic acids is 1. The molecule has 1 saturated heterocycles. The Balaban J connectivity index is 1.86. The molecule has 0 spiro atoms. The Labute approximate surface area is 272 Å². The van der Waals surface area contributed by atoms with Crippen LogP contribution in [0, 0.1) is 29.5 Å². The summed E-state index contributed by atoms with van der Waals surface area (Å²) in [6.07, 6.45) is -9.31. The second-order valence-corrected chi connectivity index (χ2v) is 12.9. The van der Waals surface area contributed by atoms with Gasteiger partial charge in [-0.3, -0.25) is 9.59 Å². The Kier molecular flexibility index (Phi) is 9.60. The maximum absolute atomic E-state index is 14.2. The zero-order valence-electron chi connectivity index (χ0n) is 26.8. The van der Waals surface area contributed by atoms with E-state index in [4.69, 9.17) is 0 Å². The number of aryl methyl sites for hydroxylation is 1. The number of anilines is 2. The average Bonchev–Trinajstić information content (AvgIpc) is 2.98. The Morgan fingerprint density at radius 2 is 1.50 bits per heavy atom. The van der Waals surface area contributed by atoms with Gasteiger partial charge in [0.25, 0.3) is 0 Å². The summed E-state index contributed by atoms with van der Waals surface area (Å²) in [4.78, 5) is 32.8. The molecule has 1 amide bonds. The number of carboxylic acid groups (broad SMARTS) is 1. The van der Waals surface area contributed by atoms with Gasteiger partial charge in [0.15, 0.2) is 5.69 Å². The first-order valence-corrected chi connectivity index (χ1v) is 14.8. The number of nitrogens with zero attached hydrogens (tertiary/aromatic N) is 4. The monoisotopic (exact) mass is 678 g/mol. The number of likely N-dealkylation sites (N-methyl/N-ethyl adjacent to an activating group) is 1. The second kappa shape index (κ2) is 12.7. The number of hydrogen-bond acceptors (Lipinski definition) is 5. The molecule has 0 saturated carbocycles. The van der Waals surface area contributed by atoms with Crippen LogP contribution < -0.4 is 9.80 Å². The first-order chi connectivity index (χ1) is 22.1. The van der Waals surface area contributed by atoms with Crippen LogP contribution in [-0.2, 0) is 27.4 Å². The molecule has 1 aliphatic rings. The molecule has 14 heteroatoms. The maximum Gasteiger partial charge on any atom is 0.416 e. The first-order valence-electron chi connectivity index (χ1n) is 14.8. The lowest BCUT2D eigenvalue weighted by atomic mass is 9.77. The smallest absolute Gasteiger partial charge is 0.416 e. The fourth-order valence-corrected chi connectivity index (χ4v) is 6.02. The Hall–Kier alpha value is -4.67. The fraction of sp³-hybridized carbons (Fsp3) is 0.412. The van der Waals surface area contributed by atoms with Crippen LogP contribution in [0.5, 0.6) is 0 Å². The van der Waals surface area contributed by atoms with E-state index in [1.165, 1.54) is 39.1 Å². The van der Waals surface area contributed by atoms with Crippen LogP contribution in [0.4, 0.5) is 42.2 Å². The minimum atomic E-state index is -5.14. The number of nitriles is 1. The van der Waals surface area contributed by atoms with Crippen LogP contribution in [0.2, 0.25) is 0 Å². The van der Waals surface area contributed by atoms with Crippen molar-refractivity contribution in [2.45, 2.75) is 64.7 Å². The van der Waals surface area contributed by atoms with E-state index in [0.717, 1.165) is 4.90 Å². The number of hydrogen-bond donors (Lipinski definition) is 1. The lowest BCUT2D eigenvalue weighted by Gasteiger charge is -2.39. The molecule has 7 nitrogen and oxygen atoms in total. The highest BCUT2D eigenvalue weighted by molar-refractivity contribution is 6.04. The van der Waals surface area contributed by atoms with Gasteiger partial charge in [-0.25, -0.2) is 9.37 Å². The van der Waals surface area contributed by atoms with Gasteiger partial charge in [-0.15, -0.1) is 0 Å². The second-order valence-electron chi connectivity index (χ2n) is 12.9. The Bertz CT molecular complexity index is 1750. The normalized spacial score (nSPS) is 15.2. The van der Waals surface area contributed by atoms with Crippen LogP contribution >= 0.6 is 0 Å². The third-order valence-corrected chi connectivity index (χ3v) is 8.92. The van der Waals surface area contributed by atoms with Crippen molar-refractivity contribution in [3.63, 3.8) is 0 Å². The van der Waals surface area contributed by atoms with Crippen molar-refractivity contribution >= 4 is 23.4 Å². The number of aromatic nitrogens is 1. The van der Waals surface area contributed by atoms with Gasteiger partial charge in [0.05, 0.1) is 28.7 Å². The van der Waals surface area contributed by atoms with Crippen molar-refractivity contribution in [3.05, 3.63) is 76.2 Å². The number of piperidine rings is 1. The molecule has 2 aromatic carbocycles. The van der Waals surface area contributed by atoms with Crippen LogP contribution in [0.1, 0.15) is 68.0 Å². The van der Waals surface area contributed by atoms with E-state index in [1.54, 1.807) is 13.0 Å². The quantitative estimate of drug-likeness (QED) is 0.254. The van der Waals surface area contributed by atoms with Crippen LogP contribution in [-0.4, -0.2) is 42.1 Å². The molecule has 1 aromatic heterocycles. The summed E-state index contributed by atoms with van der Waals surface area (Å²) in [6, 6.07) is 8.34. The fourth-order valence-electron chi connectivity index (χ4n) is 6.02. The molecule has 0 radical (unpaired) electrons. The number of halogens is 7. The van der Waals surface area contributed by atoms with Gasteiger partial charge >= 0.3 is 18.3 Å². The molecule has 48 heavy (non-hydrogen) atoms. The summed E-state index contributed by atoms with van der Waals surface area (Å²) in [5.74, 6) is -2.11. The minimum Gasteiger partial charge on any atom is -0.481 e. The van der Waals surface area contributed by atoms with Crippen LogP contribution in [0.15, 0.2) is 42.5 Å². The van der Waals surface area contributed by atoms with Crippen molar-refractivity contribution in [2.24, 2.45) is 5.41 Å². The molecular weight excluding hydrogens is 645 g/mol. The first kappa shape index (κ1) is 36.2. The predicted octanol–water partition coefficient (Wildman–Crippen LogP) is 8.13. The maximum atomic E-state index is 14.2. The van der Waals surface area contributed by atoms with Gasteiger partial charge in [-0.2, -0.15) is 31.6 Å². The van der Waals surface area contributed by atoms with Gasteiger partial charge in [-0.1, -0.05) is 13.0 Å². The van der Waals surface area contributed by atoms with Gasteiger partial charge in [0, 0.05) is 25.7 Å². The van der Waals surface area contributed by atoms with Crippen LogP contribution in [0.3, 0.4) is 0 Å². The minimum absolute atomic E-state index is 0.0233. The topological polar surface area (TPSA) is 97.5 Å². The van der Waals surface area contributed by atoms with E-state index in [0.29, 0.717) is 55.0 Å². The number of amides is 1. The standard InChI is InChI=1S/C34H33F7N4O3/c1-19-12-23(35)6-7-24(19)25-16-27(45-10-8-32(4,9-11-45)17-28(46)47)43-26(18-42)29(25)44(5)30(48)31(2,3)20-13-21(33(36,37)38)15-22(14-20)34(39,40)41/h6-7,12-16H,8-11,17H2,1-5H3,(H,46,47). The number of benzene rings is 2. The van der Waals surface area contributed by atoms with Crippen molar-refractivity contribution in [1.29, 1.82) is 5.26 Å². The molecule has 1 fully saturated rings. The van der Waals surface area contributed by atoms with E-state index < -0.39 is 57.6 Å². The molecule has 0 atom stereocenters. The highest BCUT2D eigenvalue weighted by Crippen LogP contribution is 2.43. The summed E-state index contributed by atoms with van der Waals surface area (Å²) < 4.78 is 96.2. The predicted molar refractivity (Wildman–Crippen MR) is 164 cm³/mol. The number of pyridine rings is 1. The summed E-state index contributed by atoms with van der Waals surface area (Å²) in [7, 11) is 1.24. The summed E-state index contributed by atoms with van der Waals surface area (Å²) in [5, 5.41) is 19.6. The molecule has 1 aliphatic heterocycles. The SMILES string of the molecule is Cc1cc(F)ccc1-c1cc(N2CCC(C)(CC(=O)O)CC2)nc(C#N)c1N(C)C(=O)C(C)(C)c1cc(C(F)(F)F)cc(C(F)(F)F)c1. The average molecular weight is 679 g/mol.